The van der Waals surface area contributed by atoms with Crippen molar-refractivity contribution in [3.63, 3.8) is 0 Å². The normalized spacial score (nSPS) is 17.5. The van der Waals surface area contributed by atoms with Gasteiger partial charge in [-0.1, -0.05) is 48.6 Å². The summed E-state index contributed by atoms with van der Waals surface area (Å²) in [5, 5.41) is 2.90. The predicted molar refractivity (Wildman–Crippen MR) is 189 cm³/mol. The van der Waals surface area contributed by atoms with Crippen molar-refractivity contribution < 1.29 is 54.9 Å². The lowest BCUT2D eigenvalue weighted by Crippen LogP contribution is -2.58. The number of allylic oxidation sites excluding steroid dienone is 1. The number of pyridine rings is 1. The third-order valence-electron chi connectivity index (χ3n) is 9.76. The summed E-state index contributed by atoms with van der Waals surface area (Å²) in [4.78, 5) is 47.7. The predicted octanol–water partition coefficient (Wildman–Crippen LogP) is 5.58. The van der Waals surface area contributed by atoms with Crippen molar-refractivity contribution in [2.75, 3.05) is 51.3 Å². The molecule has 3 aromatic rings. The molecule has 2 atom stereocenters. The van der Waals surface area contributed by atoms with Crippen LogP contribution in [0, 0.1) is 0 Å². The van der Waals surface area contributed by atoms with Crippen LogP contribution >= 0.6 is 0 Å². The molecule has 1 aromatic heterocycles. The zero-order chi connectivity index (χ0) is 40.2. The molecular weight excluding hydrogens is 736 g/mol. The largest absolute Gasteiger partial charge is 0.484 e. The van der Waals surface area contributed by atoms with E-state index in [1.54, 1.807) is 30.9 Å². The van der Waals surface area contributed by atoms with Gasteiger partial charge in [0.05, 0.1) is 6.61 Å². The number of aromatic nitrogens is 1. The number of amides is 3. The van der Waals surface area contributed by atoms with Gasteiger partial charge in [0.25, 0.3) is 17.4 Å². The van der Waals surface area contributed by atoms with E-state index in [4.69, 9.17) is 14.2 Å². The molecule has 3 heterocycles. The van der Waals surface area contributed by atoms with Crippen LogP contribution in [0.1, 0.15) is 43.0 Å². The summed E-state index contributed by atoms with van der Waals surface area (Å²) in [7, 11) is 1.51. The average molecular weight is 778 g/mol. The molecule has 3 amide bonds. The van der Waals surface area contributed by atoms with Gasteiger partial charge in [-0.2, -0.15) is 26.3 Å². The van der Waals surface area contributed by atoms with Crippen LogP contribution in [0.15, 0.2) is 66.9 Å². The second-order valence-electron chi connectivity index (χ2n) is 13.2. The highest BCUT2D eigenvalue weighted by atomic mass is 19.4. The fourth-order valence-corrected chi connectivity index (χ4v) is 6.66. The van der Waals surface area contributed by atoms with E-state index in [1.807, 2.05) is 0 Å². The maximum absolute atomic E-state index is 14.6. The molecule has 2 aromatic carbocycles. The minimum absolute atomic E-state index is 0.0708. The highest BCUT2D eigenvalue weighted by Gasteiger charge is 2.73. The van der Waals surface area contributed by atoms with Gasteiger partial charge in [0.1, 0.15) is 25.3 Å². The third kappa shape index (κ3) is 8.12. The first kappa shape index (κ1) is 41.0. The van der Waals surface area contributed by atoms with Gasteiger partial charge in [0, 0.05) is 48.7 Å². The first-order chi connectivity index (χ1) is 26.0. The van der Waals surface area contributed by atoms with E-state index in [2.05, 4.69) is 10.3 Å². The van der Waals surface area contributed by atoms with Gasteiger partial charge in [-0.25, -0.2) is 4.98 Å². The molecule has 0 bridgehead atoms. The quantitative estimate of drug-likeness (QED) is 0.186. The van der Waals surface area contributed by atoms with Crippen molar-refractivity contribution in [3.8, 4) is 11.6 Å². The summed E-state index contributed by atoms with van der Waals surface area (Å²) < 4.78 is 104. The van der Waals surface area contributed by atoms with E-state index in [1.165, 1.54) is 67.6 Å². The molecule has 0 radical (unpaired) electrons. The molecular formula is C38H41F6N5O6. The number of anilines is 1. The number of benzene rings is 2. The molecule has 1 N–H and O–H groups in total. The minimum atomic E-state index is -5.88. The number of carbonyl (C=O) groups excluding carboxylic acids is 3. The molecule has 2 aliphatic rings. The summed E-state index contributed by atoms with van der Waals surface area (Å²) >= 11 is 0. The van der Waals surface area contributed by atoms with E-state index in [0.29, 0.717) is 23.6 Å². The number of piperazine rings is 1. The highest BCUT2D eigenvalue weighted by Crippen LogP contribution is 2.54. The van der Waals surface area contributed by atoms with Crippen LogP contribution in [-0.4, -0.2) is 97.8 Å². The van der Waals surface area contributed by atoms with Crippen molar-refractivity contribution in [1.29, 1.82) is 0 Å². The van der Waals surface area contributed by atoms with Crippen molar-refractivity contribution >= 4 is 30.0 Å². The summed E-state index contributed by atoms with van der Waals surface area (Å²) in [5.74, 6) is -0.706. The Hall–Kier alpha value is -5.16. The molecule has 0 spiro atoms. The lowest BCUT2D eigenvalue weighted by molar-refractivity contribution is -0.392. The van der Waals surface area contributed by atoms with Crippen molar-refractivity contribution in [2.45, 2.75) is 56.9 Å². The van der Waals surface area contributed by atoms with Crippen molar-refractivity contribution in [3.05, 3.63) is 89.1 Å². The van der Waals surface area contributed by atoms with Crippen molar-refractivity contribution in [1.82, 2.24) is 20.1 Å². The van der Waals surface area contributed by atoms with E-state index < -0.39 is 60.1 Å². The molecule has 1 fully saturated rings. The van der Waals surface area contributed by atoms with E-state index >= 15 is 0 Å². The molecule has 5 rings (SSSR count). The van der Waals surface area contributed by atoms with E-state index in [9.17, 15) is 40.7 Å². The Bertz CT molecular complexity index is 1880. The van der Waals surface area contributed by atoms with Crippen LogP contribution in [0.5, 0.6) is 11.6 Å². The third-order valence-corrected chi connectivity index (χ3v) is 9.76. The summed E-state index contributed by atoms with van der Waals surface area (Å²) in [5.41, 5.74) is -6.36. The molecule has 0 aliphatic carbocycles. The SMILES string of the molecule is C/C=C\c1cc(C(OCc2ccccc2)(C(F)(F)F)C(F)(F)F)ccc1N1CCN(C(=O)CN(C=O)C(=O)C(C)(NC)c2cnc3c(c2)OCCO3)CC1C. The van der Waals surface area contributed by atoms with E-state index in [0.717, 1.165) is 17.0 Å². The minimum Gasteiger partial charge on any atom is -0.484 e. The summed E-state index contributed by atoms with van der Waals surface area (Å²) in [6.07, 6.45) is -7.19. The number of rotatable bonds is 12. The molecule has 1 saturated heterocycles. The zero-order valence-electron chi connectivity index (χ0n) is 30.5. The van der Waals surface area contributed by atoms with Gasteiger partial charge in [0.2, 0.25) is 12.3 Å². The standard InChI is InChI=1S/C38H41F6N5O6/c1-5-9-27-18-28(36(37(39,40)41,38(42,43)44)55-23-26-10-7-6-8-11-26)12-13-30(27)49-15-14-47(21-25(49)2)32(51)22-48(24-50)34(52)35(3,45-4)29-19-31-33(46-20-29)54-17-16-53-31/h5-13,18-20,24-25,45H,14-17,21-23H2,1-4H3/b9-5-. The monoisotopic (exact) mass is 777 g/mol. The molecule has 2 aliphatic heterocycles. The van der Waals surface area contributed by atoms with Gasteiger partial charge in [0.15, 0.2) is 5.75 Å². The molecule has 17 heteroatoms. The molecule has 2 unspecified atom stereocenters. The number of nitrogens with zero attached hydrogens (tertiary/aromatic N) is 4. The van der Waals surface area contributed by atoms with E-state index in [-0.39, 0.29) is 49.7 Å². The van der Waals surface area contributed by atoms with Gasteiger partial charge in [-0.15, -0.1) is 0 Å². The van der Waals surface area contributed by atoms with Crippen LogP contribution < -0.4 is 19.7 Å². The molecule has 11 nitrogen and oxygen atoms in total. The lowest BCUT2D eigenvalue weighted by atomic mass is 9.89. The second-order valence-corrected chi connectivity index (χ2v) is 13.2. The van der Waals surface area contributed by atoms with Crippen LogP contribution in [0.25, 0.3) is 6.08 Å². The Morgan fingerprint density at radius 2 is 1.69 bits per heavy atom. The Morgan fingerprint density at radius 3 is 2.31 bits per heavy atom. The first-order valence-electron chi connectivity index (χ1n) is 17.3. The van der Waals surface area contributed by atoms with Gasteiger partial charge < -0.3 is 29.3 Å². The smallest absolute Gasteiger partial charge is 0.430 e. The number of fused-ring (bicyclic) bond motifs is 1. The fraction of sp³-hybridized carbons (Fsp3) is 0.421. The van der Waals surface area contributed by atoms with Crippen LogP contribution in [0.2, 0.25) is 0 Å². The van der Waals surface area contributed by atoms with Gasteiger partial charge >= 0.3 is 12.4 Å². The first-order valence-corrected chi connectivity index (χ1v) is 17.3. The topological polar surface area (TPSA) is 114 Å². The van der Waals surface area contributed by atoms with Crippen LogP contribution in [0.4, 0.5) is 32.0 Å². The maximum Gasteiger partial charge on any atom is 0.430 e. The fourth-order valence-electron chi connectivity index (χ4n) is 6.66. The number of carbonyl (C=O) groups is 3. The average Bonchev–Trinajstić information content (AvgIpc) is 3.16. The van der Waals surface area contributed by atoms with Crippen LogP contribution in [0.3, 0.4) is 0 Å². The number of likely N-dealkylation sites (N-methyl/N-ethyl adjacent to an activating group) is 1. The molecule has 0 saturated carbocycles. The Balaban J connectivity index is 1.35. The lowest BCUT2D eigenvalue weighted by Gasteiger charge is -2.43. The Labute approximate surface area is 313 Å². The number of hydrogen-bond acceptors (Lipinski definition) is 9. The maximum atomic E-state index is 14.6. The number of nitrogens with one attached hydrogen (secondary N) is 1. The zero-order valence-corrected chi connectivity index (χ0v) is 30.5. The number of ether oxygens (including phenoxy) is 3. The summed E-state index contributed by atoms with van der Waals surface area (Å²) in [6.45, 7) is 4.17. The highest BCUT2D eigenvalue weighted by molar-refractivity contribution is 5.97. The Kier molecular flexibility index (Phi) is 12.1. The summed E-state index contributed by atoms with van der Waals surface area (Å²) in [6, 6.07) is 11.1. The van der Waals surface area contributed by atoms with Gasteiger partial charge in [-0.3, -0.25) is 19.3 Å². The second kappa shape index (κ2) is 16.3. The number of alkyl halides is 6. The van der Waals surface area contributed by atoms with Crippen LogP contribution in [-0.2, 0) is 36.9 Å². The van der Waals surface area contributed by atoms with Crippen molar-refractivity contribution in [2.24, 2.45) is 0 Å². The number of hydrogen-bond donors (Lipinski definition) is 1. The van der Waals surface area contributed by atoms with Gasteiger partial charge in [-0.05, 0) is 57.1 Å². The molecule has 296 valence electrons. The molecule has 55 heavy (non-hydrogen) atoms. The number of imide groups is 1. The number of halogens is 6. The Morgan fingerprint density at radius 1 is 1.00 bits per heavy atom.